The zero-order valence-corrected chi connectivity index (χ0v) is 14.8. The van der Waals surface area contributed by atoms with E-state index in [1.807, 2.05) is 6.08 Å². The minimum absolute atomic E-state index is 0.0724. The van der Waals surface area contributed by atoms with Gasteiger partial charge >= 0.3 is 12.3 Å². The Hall–Kier alpha value is -2.02. The van der Waals surface area contributed by atoms with Gasteiger partial charge in [0.2, 0.25) is 0 Å². The molecule has 0 aromatic carbocycles. The van der Waals surface area contributed by atoms with Crippen molar-refractivity contribution in [2.45, 2.75) is 57.8 Å². The van der Waals surface area contributed by atoms with Gasteiger partial charge in [0.05, 0.1) is 19.3 Å². The number of hydrogen-bond acceptors (Lipinski definition) is 7. The maximum atomic E-state index is 11.6. The predicted octanol–water partition coefficient (Wildman–Crippen LogP) is 3.53. The Morgan fingerprint density at radius 1 is 1.08 bits per heavy atom. The molecule has 1 heterocycles. The highest BCUT2D eigenvalue weighted by atomic mass is 16.7. The summed E-state index contributed by atoms with van der Waals surface area (Å²) in [5.41, 5.74) is 1.21. The van der Waals surface area contributed by atoms with Gasteiger partial charge in [-0.1, -0.05) is 12.2 Å². The molecule has 3 atom stereocenters. The van der Waals surface area contributed by atoms with E-state index in [1.54, 1.807) is 19.9 Å². The molecule has 7 nitrogen and oxygen atoms in total. The van der Waals surface area contributed by atoms with Crippen molar-refractivity contribution >= 4 is 12.3 Å². The van der Waals surface area contributed by atoms with Crippen LogP contribution < -0.4 is 0 Å². The first-order chi connectivity index (χ1) is 12.1. The van der Waals surface area contributed by atoms with Gasteiger partial charge in [0.25, 0.3) is 0 Å². The number of hydrogen-bond donors (Lipinski definition) is 0. The fourth-order valence-electron chi connectivity index (χ4n) is 2.80. The van der Waals surface area contributed by atoms with Gasteiger partial charge in [-0.3, -0.25) is 0 Å². The second kappa shape index (κ2) is 10.1. The fourth-order valence-corrected chi connectivity index (χ4v) is 2.80. The number of allylic oxidation sites excluding steroid dienone is 1. The van der Waals surface area contributed by atoms with Crippen LogP contribution in [0.4, 0.5) is 9.59 Å². The lowest BCUT2D eigenvalue weighted by Crippen LogP contribution is -2.42. The molecule has 2 aliphatic rings. The number of rotatable bonds is 6. The quantitative estimate of drug-likeness (QED) is 0.533. The predicted molar refractivity (Wildman–Crippen MR) is 89.2 cm³/mol. The van der Waals surface area contributed by atoms with Crippen LogP contribution in [0.5, 0.6) is 0 Å². The SMILES string of the molecule is CCOC(=O)OC[C@H]1O[C@H](C2=CCCCC2)C=C[C@@H]1OC(=O)OCC. The average Bonchev–Trinajstić information content (AvgIpc) is 2.62. The summed E-state index contributed by atoms with van der Waals surface area (Å²) < 4.78 is 25.9. The molecule has 7 heteroatoms. The van der Waals surface area contributed by atoms with Crippen molar-refractivity contribution in [3.05, 3.63) is 23.8 Å². The van der Waals surface area contributed by atoms with Gasteiger partial charge in [0, 0.05) is 0 Å². The summed E-state index contributed by atoms with van der Waals surface area (Å²) >= 11 is 0. The van der Waals surface area contributed by atoms with Crippen molar-refractivity contribution < 1.29 is 33.3 Å². The monoisotopic (exact) mass is 354 g/mol. The van der Waals surface area contributed by atoms with Gasteiger partial charge in [-0.25, -0.2) is 9.59 Å². The van der Waals surface area contributed by atoms with Crippen molar-refractivity contribution in [1.29, 1.82) is 0 Å². The Labute approximate surface area is 147 Å². The van der Waals surface area contributed by atoms with E-state index in [0.717, 1.165) is 19.3 Å². The molecule has 0 saturated carbocycles. The van der Waals surface area contributed by atoms with Crippen molar-refractivity contribution in [3.63, 3.8) is 0 Å². The Morgan fingerprint density at radius 3 is 2.52 bits per heavy atom. The molecule has 0 fully saturated rings. The molecular weight excluding hydrogens is 328 g/mol. The first kappa shape index (κ1) is 19.3. The van der Waals surface area contributed by atoms with Gasteiger partial charge in [-0.2, -0.15) is 0 Å². The summed E-state index contributed by atoms with van der Waals surface area (Å²) in [5.74, 6) is 0. The van der Waals surface area contributed by atoms with E-state index < -0.39 is 24.5 Å². The van der Waals surface area contributed by atoms with Crippen LogP contribution in [0.3, 0.4) is 0 Å². The zero-order chi connectivity index (χ0) is 18.1. The zero-order valence-electron chi connectivity index (χ0n) is 14.8. The summed E-state index contributed by atoms with van der Waals surface area (Å²) in [6.45, 7) is 3.76. The van der Waals surface area contributed by atoms with E-state index in [0.29, 0.717) is 0 Å². The number of ether oxygens (including phenoxy) is 5. The van der Waals surface area contributed by atoms with Crippen LogP contribution in [0.25, 0.3) is 0 Å². The van der Waals surface area contributed by atoms with E-state index in [2.05, 4.69) is 6.08 Å². The first-order valence-electron chi connectivity index (χ1n) is 8.79. The maximum Gasteiger partial charge on any atom is 0.508 e. The second-order valence-corrected chi connectivity index (χ2v) is 5.76. The Kier molecular flexibility index (Phi) is 7.78. The van der Waals surface area contributed by atoms with Crippen LogP contribution in [0.15, 0.2) is 23.8 Å². The summed E-state index contributed by atoms with van der Waals surface area (Å²) in [5, 5.41) is 0. The summed E-state index contributed by atoms with van der Waals surface area (Å²) in [6.07, 6.45) is 7.10. The molecule has 0 amide bonds. The third-order valence-corrected chi connectivity index (χ3v) is 3.98. The van der Waals surface area contributed by atoms with E-state index in [-0.39, 0.29) is 25.9 Å². The first-order valence-corrected chi connectivity index (χ1v) is 8.79. The Bertz CT molecular complexity index is 512. The smallest absolute Gasteiger partial charge is 0.435 e. The van der Waals surface area contributed by atoms with Crippen molar-refractivity contribution in [1.82, 2.24) is 0 Å². The third-order valence-electron chi connectivity index (χ3n) is 3.98. The molecule has 2 rings (SSSR count). The van der Waals surface area contributed by atoms with Crippen LogP contribution in [0.2, 0.25) is 0 Å². The number of carbonyl (C=O) groups excluding carboxylic acids is 2. The summed E-state index contributed by atoms with van der Waals surface area (Å²) in [4.78, 5) is 23.0. The topological polar surface area (TPSA) is 80.3 Å². The van der Waals surface area contributed by atoms with Crippen molar-refractivity contribution in [3.8, 4) is 0 Å². The minimum atomic E-state index is -0.780. The normalized spacial score (nSPS) is 25.7. The lowest BCUT2D eigenvalue weighted by Gasteiger charge is -2.33. The molecule has 1 aliphatic carbocycles. The fraction of sp³-hybridized carbons (Fsp3) is 0.667. The van der Waals surface area contributed by atoms with E-state index in [9.17, 15) is 9.59 Å². The Morgan fingerprint density at radius 2 is 1.84 bits per heavy atom. The highest BCUT2D eigenvalue weighted by Crippen LogP contribution is 2.28. The summed E-state index contributed by atoms with van der Waals surface area (Å²) in [7, 11) is 0. The molecule has 0 radical (unpaired) electrons. The van der Waals surface area contributed by atoms with Crippen LogP contribution in [-0.2, 0) is 23.7 Å². The molecule has 0 spiro atoms. The molecular formula is C18H26O7. The molecule has 1 aliphatic heterocycles. The minimum Gasteiger partial charge on any atom is -0.435 e. The average molecular weight is 354 g/mol. The summed E-state index contributed by atoms with van der Waals surface area (Å²) in [6, 6.07) is 0. The largest absolute Gasteiger partial charge is 0.508 e. The van der Waals surface area contributed by atoms with Crippen LogP contribution in [0.1, 0.15) is 39.5 Å². The highest BCUT2D eigenvalue weighted by molar-refractivity contribution is 5.61. The molecule has 0 saturated heterocycles. The van der Waals surface area contributed by atoms with E-state index >= 15 is 0 Å². The lowest BCUT2D eigenvalue weighted by molar-refractivity contribution is -0.0912. The Balaban J connectivity index is 2.02. The van der Waals surface area contributed by atoms with E-state index in [4.69, 9.17) is 23.7 Å². The third kappa shape index (κ3) is 6.08. The molecule has 0 aromatic heterocycles. The molecule has 0 bridgehead atoms. The van der Waals surface area contributed by atoms with Crippen LogP contribution >= 0.6 is 0 Å². The van der Waals surface area contributed by atoms with Gasteiger partial charge in [-0.15, -0.1) is 0 Å². The standard InChI is InChI=1S/C18H26O7/c1-3-21-17(19)23-12-16-15(25-18(20)22-4-2)11-10-14(24-16)13-8-6-5-7-9-13/h8,10-11,14-16H,3-7,9,12H2,1-2H3/t14-,15-,16+/m0/s1. The second-order valence-electron chi connectivity index (χ2n) is 5.76. The molecule has 0 unspecified atom stereocenters. The molecule has 0 N–H and O–H groups in total. The van der Waals surface area contributed by atoms with Crippen molar-refractivity contribution in [2.24, 2.45) is 0 Å². The van der Waals surface area contributed by atoms with E-state index in [1.165, 1.54) is 12.0 Å². The van der Waals surface area contributed by atoms with Gasteiger partial charge in [0.15, 0.2) is 6.10 Å². The van der Waals surface area contributed by atoms with Crippen LogP contribution in [-0.4, -0.2) is 50.4 Å². The van der Waals surface area contributed by atoms with Gasteiger partial charge < -0.3 is 23.7 Å². The van der Waals surface area contributed by atoms with Gasteiger partial charge in [0.1, 0.15) is 12.7 Å². The van der Waals surface area contributed by atoms with Crippen LogP contribution in [0, 0.1) is 0 Å². The molecule has 25 heavy (non-hydrogen) atoms. The van der Waals surface area contributed by atoms with Crippen molar-refractivity contribution in [2.75, 3.05) is 19.8 Å². The maximum absolute atomic E-state index is 11.6. The lowest BCUT2D eigenvalue weighted by atomic mass is 9.93. The highest BCUT2D eigenvalue weighted by Gasteiger charge is 2.33. The molecule has 0 aromatic rings. The molecule has 140 valence electrons. The number of carbonyl (C=O) groups is 2. The van der Waals surface area contributed by atoms with Gasteiger partial charge in [-0.05, 0) is 51.2 Å².